The van der Waals surface area contributed by atoms with Gasteiger partial charge in [-0.2, -0.15) is 5.10 Å². The van der Waals surface area contributed by atoms with Gasteiger partial charge in [-0.3, -0.25) is 0 Å². The molecule has 0 amide bonds. The molecule has 1 atom stereocenters. The van der Waals surface area contributed by atoms with Crippen LogP contribution in [0.4, 0.5) is 0 Å². The Hall–Kier alpha value is -1.68. The Labute approximate surface area is 101 Å². The van der Waals surface area contributed by atoms with Crippen LogP contribution in [0.15, 0.2) is 24.7 Å². The molecule has 0 fully saturated rings. The summed E-state index contributed by atoms with van der Waals surface area (Å²) in [5, 5.41) is 4.27. The first-order valence-electron chi connectivity index (χ1n) is 5.79. The zero-order valence-corrected chi connectivity index (χ0v) is 10.5. The van der Waals surface area contributed by atoms with E-state index in [2.05, 4.69) is 16.1 Å². The second-order valence-corrected chi connectivity index (χ2v) is 4.63. The molecule has 0 radical (unpaired) electrons. The molecule has 17 heavy (non-hydrogen) atoms. The monoisotopic (exact) mass is 230 g/mol. The van der Waals surface area contributed by atoms with Crippen LogP contribution in [-0.2, 0) is 6.42 Å². The predicted octanol–water partition coefficient (Wildman–Crippen LogP) is 1.77. The largest absolute Gasteiger partial charge is 0.328 e. The van der Waals surface area contributed by atoms with Crippen molar-refractivity contribution in [1.29, 1.82) is 0 Å². The molecule has 4 nitrogen and oxygen atoms in total. The Kier molecular flexibility index (Phi) is 3.24. The first-order chi connectivity index (χ1) is 8.06. The molecule has 0 aromatic carbocycles. The highest BCUT2D eigenvalue weighted by Crippen LogP contribution is 2.13. The smallest absolute Gasteiger partial charge is 0.156 e. The van der Waals surface area contributed by atoms with Gasteiger partial charge in [0, 0.05) is 18.4 Å². The van der Waals surface area contributed by atoms with Gasteiger partial charge in [0.2, 0.25) is 0 Å². The van der Waals surface area contributed by atoms with Crippen molar-refractivity contribution in [1.82, 2.24) is 14.8 Å². The van der Waals surface area contributed by atoms with E-state index in [0.717, 1.165) is 23.4 Å². The van der Waals surface area contributed by atoms with Crippen LogP contribution >= 0.6 is 0 Å². The van der Waals surface area contributed by atoms with Gasteiger partial charge in [0.15, 0.2) is 5.82 Å². The summed E-state index contributed by atoms with van der Waals surface area (Å²) >= 11 is 0. The highest BCUT2D eigenvalue weighted by atomic mass is 15.3. The number of hydrogen-bond acceptors (Lipinski definition) is 3. The number of nitrogens with two attached hydrogens (primary N) is 1. The Balaban J connectivity index is 2.31. The van der Waals surface area contributed by atoms with Crippen molar-refractivity contribution in [3.63, 3.8) is 0 Å². The van der Waals surface area contributed by atoms with E-state index in [1.165, 1.54) is 5.56 Å². The normalized spacial score (nSPS) is 12.7. The van der Waals surface area contributed by atoms with Gasteiger partial charge in [-0.05, 0) is 43.9 Å². The summed E-state index contributed by atoms with van der Waals surface area (Å²) in [5.74, 6) is 0.881. The summed E-state index contributed by atoms with van der Waals surface area (Å²) in [5.41, 5.74) is 9.20. The topological polar surface area (TPSA) is 56.7 Å². The van der Waals surface area contributed by atoms with Crippen molar-refractivity contribution in [2.45, 2.75) is 33.2 Å². The summed E-state index contributed by atoms with van der Waals surface area (Å²) < 4.78 is 1.81. The number of aryl methyl sites for hydroxylation is 2. The lowest BCUT2D eigenvalue weighted by Crippen LogP contribution is -2.18. The second kappa shape index (κ2) is 4.67. The third-order valence-corrected chi connectivity index (χ3v) is 2.59. The average molecular weight is 230 g/mol. The van der Waals surface area contributed by atoms with Gasteiger partial charge < -0.3 is 5.73 Å². The first-order valence-corrected chi connectivity index (χ1v) is 5.79. The maximum absolute atomic E-state index is 5.78. The van der Waals surface area contributed by atoms with Gasteiger partial charge in [-0.1, -0.05) is 6.07 Å². The number of hydrogen-bond donors (Lipinski definition) is 1. The second-order valence-electron chi connectivity index (χ2n) is 4.63. The predicted molar refractivity (Wildman–Crippen MR) is 68.2 cm³/mol. The van der Waals surface area contributed by atoms with Gasteiger partial charge in [0.25, 0.3) is 0 Å². The highest BCUT2D eigenvalue weighted by molar-refractivity contribution is 5.35. The van der Waals surface area contributed by atoms with Crippen LogP contribution in [0.1, 0.15) is 23.6 Å². The number of pyridine rings is 1. The molecule has 90 valence electrons. The third-order valence-electron chi connectivity index (χ3n) is 2.59. The van der Waals surface area contributed by atoms with Crippen molar-refractivity contribution >= 4 is 0 Å². The summed E-state index contributed by atoms with van der Waals surface area (Å²) in [6, 6.07) is 2.29. The standard InChI is InChI=1S/C13H18N4/c1-9-6-16-17(8-9)13-10(2)4-12(7-15-13)5-11(3)14/h4,6-8,11H,5,14H2,1-3H3. The van der Waals surface area contributed by atoms with Gasteiger partial charge in [-0.25, -0.2) is 9.67 Å². The molecule has 0 saturated heterocycles. The Morgan fingerprint density at radius 2 is 2.12 bits per heavy atom. The van der Waals surface area contributed by atoms with Gasteiger partial charge >= 0.3 is 0 Å². The summed E-state index contributed by atoms with van der Waals surface area (Å²) in [4.78, 5) is 4.46. The van der Waals surface area contributed by atoms with Crippen LogP contribution in [-0.4, -0.2) is 20.8 Å². The molecule has 0 spiro atoms. The quantitative estimate of drug-likeness (QED) is 0.874. The van der Waals surface area contributed by atoms with E-state index in [-0.39, 0.29) is 6.04 Å². The molecule has 0 aliphatic rings. The van der Waals surface area contributed by atoms with Crippen molar-refractivity contribution in [3.05, 3.63) is 41.3 Å². The van der Waals surface area contributed by atoms with Crippen LogP contribution in [0.2, 0.25) is 0 Å². The molecule has 2 heterocycles. The van der Waals surface area contributed by atoms with Crippen LogP contribution < -0.4 is 5.73 Å². The Morgan fingerprint density at radius 1 is 1.35 bits per heavy atom. The van der Waals surface area contributed by atoms with Crippen LogP contribution in [0.5, 0.6) is 0 Å². The molecule has 0 saturated carbocycles. The zero-order chi connectivity index (χ0) is 12.4. The molecule has 2 rings (SSSR count). The number of nitrogens with zero attached hydrogens (tertiary/aromatic N) is 3. The van der Waals surface area contributed by atoms with E-state index in [4.69, 9.17) is 5.73 Å². The maximum atomic E-state index is 5.78. The lowest BCUT2D eigenvalue weighted by atomic mass is 10.1. The lowest BCUT2D eigenvalue weighted by molar-refractivity contribution is 0.732. The van der Waals surface area contributed by atoms with E-state index in [9.17, 15) is 0 Å². The molecular weight excluding hydrogens is 212 g/mol. The minimum Gasteiger partial charge on any atom is -0.328 e. The molecule has 4 heteroatoms. The highest BCUT2D eigenvalue weighted by Gasteiger charge is 2.06. The van der Waals surface area contributed by atoms with Gasteiger partial charge in [0.05, 0.1) is 6.20 Å². The fourth-order valence-electron chi connectivity index (χ4n) is 1.88. The first kappa shape index (κ1) is 11.8. The molecule has 0 aliphatic carbocycles. The number of rotatable bonds is 3. The van der Waals surface area contributed by atoms with E-state index in [0.29, 0.717) is 0 Å². The molecule has 2 aromatic rings. The van der Waals surface area contributed by atoms with E-state index in [1.54, 1.807) is 4.68 Å². The molecule has 0 aliphatic heterocycles. The van der Waals surface area contributed by atoms with E-state index >= 15 is 0 Å². The summed E-state index contributed by atoms with van der Waals surface area (Å²) in [6.45, 7) is 6.06. The van der Waals surface area contributed by atoms with E-state index in [1.807, 2.05) is 39.4 Å². The Bertz CT molecular complexity index is 514. The maximum Gasteiger partial charge on any atom is 0.156 e. The van der Waals surface area contributed by atoms with Crippen LogP contribution in [0, 0.1) is 13.8 Å². The van der Waals surface area contributed by atoms with Gasteiger partial charge in [-0.15, -0.1) is 0 Å². The average Bonchev–Trinajstić information content (AvgIpc) is 2.64. The van der Waals surface area contributed by atoms with Crippen molar-refractivity contribution in [2.75, 3.05) is 0 Å². The lowest BCUT2D eigenvalue weighted by Gasteiger charge is -2.09. The van der Waals surface area contributed by atoms with Crippen LogP contribution in [0.25, 0.3) is 5.82 Å². The molecular formula is C13H18N4. The summed E-state index contributed by atoms with van der Waals surface area (Å²) in [7, 11) is 0. The fraction of sp³-hybridized carbons (Fsp3) is 0.385. The van der Waals surface area contributed by atoms with E-state index < -0.39 is 0 Å². The SMILES string of the molecule is Cc1cnn(-c2ncc(CC(C)N)cc2C)c1. The van der Waals surface area contributed by atoms with Gasteiger partial charge in [0.1, 0.15) is 0 Å². The third kappa shape index (κ3) is 2.71. The minimum atomic E-state index is 0.161. The zero-order valence-electron chi connectivity index (χ0n) is 10.5. The minimum absolute atomic E-state index is 0.161. The van der Waals surface area contributed by atoms with Crippen molar-refractivity contribution in [3.8, 4) is 5.82 Å². The molecule has 0 bridgehead atoms. The van der Waals surface area contributed by atoms with Crippen molar-refractivity contribution in [2.24, 2.45) is 5.73 Å². The summed E-state index contributed by atoms with van der Waals surface area (Å²) in [6.07, 6.45) is 6.53. The van der Waals surface area contributed by atoms with Crippen LogP contribution in [0.3, 0.4) is 0 Å². The Morgan fingerprint density at radius 3 is 2.65 bits per heavy atom. The molecule has 1 unspecified atom stereocenters. The number of aromatic nitrogens is 3. The van der Waals surface area contributed by atoms with Crippen molar-refractivity contribution < 1.29 is 0 Å². The molecule has 2 N–H and O–H groups in total. The fourth-order valence-corrected chi connectivity index (χ4v) is 1.88. The molecule has 2 aromatic heterocycles.